The Morgan fingerprint density at radius 2 is 2.00 bits per heavy atom. The molecule has 0 atom stereocenters. The van der Waals surface area contributed by atoms with Crippen LogP contribution in [-0.2, 0) is 16.3 Å². The van der Waals surface area contributed by atoms with Crippen molar-refractivity contribution >= 4 is 9.84 Å². The third-order valence-corrected chi connectivity index (χ3v) is 5.48. The van der Waals surface area contributed by atoms with Gasteiger partial charge in [0.15, 0.2) is 9.84 Å². The van der Waals surface area contributed by atoms with Gasteiger partial charge in [-0.2, -0.15) is 0 Å². The molecule has 0 radical (unpaired) electrons. The minimum Gasteiger partial charge on any atom is -0.330 e. The molecular weight excluding hydrogens is 253 g/mol. The summed E-state index contributed by atoms with van der Waals surface area (Å²) in [6.07, 6.45) is 3.83. The van der Waals surface area contributed by atoms with E-state index in [1.54, 1.807) is 6.07 Å². The van der Waals surface area contributed by atoms with Gasteiger partial charge in [0, 0.05) is 0 Å². The van der Waals surface area contributed by atoms with E-state index in [1.807, 2.05) is 0 Å². The van der Waals surface area contributed by atoms with Crippen LogP contribution >= 0.6 is 0 Å². The van der Waals surface area contributed by atoms with Gasteiger partial charge in [-0.25, -0.2) is 12.8 Å². The molecule has 1 aromatic rings. The average molecular weight is 271 g/mol. The highest BCUT2D eigenvalue weighted by Crippen LogP contribution is 2.34. The van der Waals surface area contributed by atoms with E-state index in [4.69, 9.17) is 5.73 Å². The van der Waals surface area contributed by atoms with E-state index in [2.05, 4.69) is 0 Å². The minimum absolute atomic E-state index is 0.146. The molecule has 1 aromatic carbocycles. The number of aryl methyl sites for hydroxylation is 1. The standard InChI is InChI=1S/C13H18FNO2S/c14-12-9-10(3-1-2-8-15)4-7-13(12)18(16,17)11-5-6-11/h4,7,9,11H,1-3,5-6,8,15H2. The number of hydrogen-bond acceptors (Lipinski definition) is 3. The largest absolute Gasteiger partial charge is 0.330 e. The van der Waals surface area contributed by atoms with Crippen molar-refractivity contribution in [2.24, 2.45) is 5.73 Å². The molecule has 0 spiro atoms. The van der Waals surface area contributed by atoms with Crippen LogP contribution in [0.15, 0.2) is 23.1 Å². The molecule has 2 N–H and O–H groups in total. The highest BCUT2D eigenvalue weighted by atomic mass is 32.2. The topological polar surface area (TPSA) is 60.2 Å². The monoisotopic (exact) mass is 271 g/mol. The highest BCUT2D eigenvalue weighted by Gasteiger charge is 2.38. The molecular formula is C13H18FNO2S. The Kier molecular flexibility index (Phi) is 4.02. The molecule has 0 unspecified atom stereocenters. The molecule has 0 amide bonds. The highest BCUT2D eigenvalue weighted by molar-refractivity contribution is 7.92. The number of nitrogens with two attached hydrogens (primary N) is 1. The van der Waals surface area contributed by atoms with Gasteiger partial charge < -0.3 is 5.73 Å². The van der Waals surface area contributed by atoms with Crippen LogP contribution in [0, 0.1) is 5.82 Å². The molecule has 0 aromatic heterocycles. The van der Waals surface area contributed by atoms with Crippen LogP contribution in [0.25, 0.3) is 0 Å². The number of benzene rings is 1. The summed E-state index contributed by atoms with van der Waals surface area (Å²) >= 11 is 0. The number of rotatable bonds is 6. The molecule has 2 rings (SSSR count). The smallest absolute Gasteiger partial charge is 0.184 e. The summed E-state index contributed by atoms with van der Waals surface area (Å²) in [5.74, 6) is -0.618. The predicted molar refractivity (Wildman–Crippen MR) is 68.6 cm³/mol. The second-order valence-corrected chi connectivity index (χ2v) is 6.95. The fourth-order valence-electron chi connectivity index (χ4n) is 1.96. The lowest BCUT2D eigenvalue weighted by Gasteiger charge is -2.06. The predicted octanol–water partition coefficient (Wildman–Crippen LogP) is 2.04. The van der Waals surface area contributed by atoms with E-state index >= 15 is 0 Å². The molecule has 0 bridgehead atoms. The zero-order valence-electron chi connectivity index (χ0n) is 10.2. The molecule has 1 aliphatic rings. The van der Waals surface area contributed by atoms with Crippen molar-refractivity contribution in [3.05, 3.63) is 29.6 Å². The lowest BCUT2D eigenvalue weighted by Crippen LogP contribution is -2.09. The Labute approximate surface area is 107 Å². The Hall–Kier alpha value is -0.940. The normalized spacial score (nSPS) is 15.9. The van der Waals surface area contributed by atoms with E-state index in [-0.39, 0.29) is 10.1 Å². The maximum Gasteiger partial charge on any atom is 0.184 e. The van der Waals surface area contributed by atoms with E-state index in [1.165, 1.54) is 12.1 Å². The molecule has 1 aliphatic carbocycles. The van der Waals surface area contributed by atoms with Gasteiger partial charge in [0.25, 0.3) is 0 Å². The van der Waals surface area contributed by atoms with Gasteiger partial charge in [-0.15, -0.1) is 0 Å². The van der Waals surface area contributed by atoms with Gasteiger partial charge in [-0.1, -0.05) is 6.07 Å². The fraction of sp³-hybridized carbons (Fsp3) is 0.538. The van der Waals surface area contributed by atoms with Crippen molar-refractivity contribution in [3.8, 4) is 0 Å². The molecule has 0 heterocycles. The summed E-state index contributed by atoms with van der Waals surface area (Å²) in [6.45, 7) is 0.622. The summed E-state index contributed by atoms with van der Waals surface area (Å²) in [7, 11) is -3.43. The third-order valence-electron chi connectivity index (χ3n) is 3.19. The molecule has 100 valence electrons. The first-order valence-corrected chi connectivity index (χ1v) is 7.82. The zero-order chi connectivity index (χ0) is 13.2. The Morgan fingerprint density at radius 3 is 2.56 bits per heavy atom. The van der Waals surface area contributed by atoms with Crippen molar-refractivity contribution in [2.75, 3.05) is 6.54 Å². The summed E-state index contributed by atoms with van der Waals surface area (Å²) in [5, 5.41) is -0.366. The summed E-state index contributed by atoms with van der Waals surface area (Å²) in [4.78, 5) is -0.146. The van der Waals surface area contributed by atoms with Gasteiger partial charge in [-0.05, 0) is 56.3 Å². The van der Waals surface area contributed by atoms with Gasteiger partial charge in [0.05, 0.1) is 5.25 Å². The number of halogens is 1. The fourth-order valence-corrected chi connectivity index (χ4v) is 3.67. The first-order valence-electron chi connectivity index (χ1n) is 6.28. The van der Waals surface area contributed by atoms with Gasteiger partial charge >= 0.3 is 0 Å². The molecule has 3 nitrogen and oxygen atoms in total. The summed E-state index contributed by atoms with van der Waals surface area (Å²) in [6, 6.07) is 4.45. The number of sulfone groups is 1. The third kappa shape index (κ3) is 2.90. The van der Waals surface area contributed by atoms with E-state index in [0.29, 0.717) is 19.4 Å². The molecule has 0 saturated heterocycles. The lowest BCUT2D eigenvalue weighted by atomic mass is 10.1. The van der Waals surface area contributed by atoms with E-state index < -0.39 is 15.7 Å². The lowest BCUT2D eigenvalue weighted by molar-refractivity contribution is 0.564. The summed E-state index contributed by atoms with van der Waals surface area (Å²) < 4.78 is 37.7. The van der Waals surface area contributed by atoms with Crippen LogP contribution in [0.3, 0.4) is 0 Å². The first-order chi connectivity index (χ1) is 8.55. The van der Waals surface area contributed by atoms with Crippen LogP contribution in [-0.4, -0.2) is 20.2 Å². The van der Waals surface area contributed by atoms with Crippen molar-refractivity contribution in [3.63, 3.8) is 0 Å². The van der Waals surface area contributed by atoms with Crippen LogP contribution in [0.1, 0.15) is 31.2 Å². The average Bonchev–Trinajstić information content (AvgIpc) is 3.13. The Morgan fingerprint density at radius 1 is 1.28 bits per heavy atom. The van der Waals surface area contributed by atoms with Gasteiger partial charge in [0.2, 0.25) is 0 Å². The van der Waals surface area contributed by atoms with Crippen molar-refractivity contribution in [1.29, 1.82) is 0 Å². The SMILES string of the molecule is NCCCCc1ccc(S(=O)(=O)C2CC2)c(F)c1. The molecule has 1 saturated carbocycles. The van der Waals surface area contributed by atoms with Crippen LogP contribution in [0.2, 0.25) is 0 Å². The quantitative estimate of drug-likeness (QED) is 0.805. The second kappa shape index (κ2) is 5.36. The molecule has 1 fully saturated rings. The Bertz CT molecular complexity index is 524. The maximum absolute atomic E-state index is 13.8. The van der Waals surface area contributed by atoms with Crippen LogP contribution < -0.4 is 5.73 Å². The Balaban J connectivity index is 2.15. The molecule has 18 heavy (non-hydrogen) atoms. The second-order valence-electron chi connectivity index (χ2n) is 4.75. The number of hydrogen-bond donors (Lipinski definition) is 1. The van der Waals surface area contributed by atoms with E-state index in [0.717, 1.165) is 24.8 Å². The van der Waals surface area contributed by atoms with Gasteiger partial charge in [-0.3, -0.25) is 0 Å². The van der Waals surface area contributed by atoms with Crippen molar-refractivity contribution < 1.29 is 12.8 Å². The molecule has 5 heteroatoms. The van der Waals surface area contributed by atoms with Crippen LogP contribution in [0.5, 0.6) is 0 Å². The van der Waals surface area contributed by atoms with Crippen molar-refractivity contribution in [1.82, 2.24) is 0 Å². The first kappa shape index (κ1) is 13.5. The minimum atomic E-state index is -3.43. The summed E-state index contributed by atoms with van der Waals surface area (Å²) in [5.41, 5.74) is 6.22. The zero-order valence-corrected chi connectivity index (χ0v) is 11.0. The maximum atomic E-state index is 13.8. The van der Waals surface area contributed by atoms with Crippen molar-refractivity contribution in [2.45, 2.75) is 42.2 Å². The number of unbranched alkanes of at least 4 members (excludes halogenated alkanes) is 1. The van der Waals surface area contributed by atoms with Crippen LogP contribution in [0.4, 0.5) is 4.39 Å². The van der Waals surface area contributed by atoms with Gasteiger partial charge in [0.1, 0.15) is 10.7 Å². The van der Waals surface area contributed by atoms with E-state index in [9.17, 15) is 12.8 Å². The molecule has 0 aliphatic heterocycles.